The van der Waals surface area contributed by atoms with Crippen LogP contribution >= 0.6 is 0 Å². The van der Waals surface area contributed by atoms with Crippen molar-refractivity contribution in [2.45, 2.75) is 56.5 Å². The molecule has 0 N–H and O–H groups in total. The van der Waals surface area contributed by atoms with Crippen molar-refractivity contribution in [3.63, 3.8) is 0 Å². The average molecular weight is 468 g/mol. The SMILES string of the molecule is CC(C)C12C(=C3C(=C4C=C(C#N)N(C)C41C(C)C)C(F)(F)C(F)(F)C3(F)F)C=C(C#N)N2C. The van der Waals surface area contributed by atoms with Crippen LogP contribution in [0, 0.1) is 34.5 Å². The number of nitrogens with zero attached hydrogens (tertiary/aromatic N) is 4. The molecule has 0 aromatic heterocycles. The molecule has 0 amide bonds. The Kier molecular flexibility index (Phi) is 4.35. The Morgan fingerprint density at radius 3 is 1.24 bits per heavy atom. The van der Waals surface area contributed by atoms with Crippen LogP contribution < -0.4 is 0 Å². The fourth-order valence-electron chi connectivity index (χ4n) is 6.80. The molecule has 10 heteroatoms. The second kappa shape index (κ2) is 6.16. The van der Waals surface area contributed by atoms with Crippen LogP contribution in [0.4, 0.5) is 26.3 Å². The van der Waals surface area contributed by atoms with E-state index in [1.807, 2.05) is 12.1 Å². The molecule has 2 aliphatic heterocycles. The van der Waals surface area contributed by atoms with Gasteiger partial charge in [-0.05, 0) is 35.1 Å². The minimum absolute atomic E-state index is 0.111. The largest absolute Gasteiger partial charge is 0.380 e. The van der Waals surface area contributed by atoms with Gasteiger partial charge in [0.25, 0.3) is 0 Å². The van der Waals surface area contributed by atoms with Crippen LogP contribution in [-0.2, 0) is 0 Å². The molecule has 4 nitrogen and oxygen atoms in total. The summed E-state index contributed by atoms with van der Waals surface area (Å²) in [5, 5.41) is 19.4. The zero-order valence-corrected chi connectivity index (χ0v) is 18.9. The molecule has 176 valence electrons. The third-order valence-corrected chi connectivity index (χ3v) is 7.85. The van der Waals surface area contributed by atoms with E-state index in [1.165, 1.54) is 23.9 Å². The number of rotatable bonds is 2. The van der Waals surface area contributed by atoms with Crippen LogP contribution in [0.15, 0.2) is 45.8 Å². The first-order valence-corrected chi connectivity index (χ1v) is 10.4. The molecule has 2 unspecified atom stereocenters. The van der Waals surface area contributed by atoms with E-state index in [9.17, 15) is 19.3 Å². The van der Waals surface area contributed by atoms with Gasteiger partial charge in [-0.25, -0.2) is 0 Å². The quantitative estimate of drug-likeness (QED) is 0.535. The van der Waals surface area contributed by atoms with Gasteiger partial charge in [0.2, 0.25) is 0 Å². The number of fused-ring (bicyclic) bond motifs is 4. The Labute approximate surface area is 187 Å². The predicted molar refractivity (Wildman–Crippen MR) is 107 cm³/mol. The average Bonchev–Trinajstić information content (AvgIpc) is 3.22. The van der Waals surface area contributed by atoms with Crippen molar-refractivity contribution in [2.24, 2.45) is 11.8 Å². The van der Waals surface area contributed by atoms with Gasteiger partial charge in [-0.2, -0.15) is 36.9 Å². The second-order valence-corrected chi connectivity index (χ2v) is 9.54. The van der Waals surface area contributed by atoms with E-state index in [2.05, 4.69) is 0 Å². The lowest BCUT2D eigenvalue weighted by atomic mass is 9.54. The van der Waals surface area contributed by atoms with Crippen LogP contribution in [0.1, 0.15) is 27.7 Å². The van der Waals surface area contributed by atoms with Crippen molar-refractivity contribution in [1.29, 1.82) is 10.5 Å². The lowest BCUT2D eigenvalue weighted by Gasteiger charge is -2.62. The van der Waals surface area contributed by atoms with Crippen molar-refractivity contribution in [1.82, 2.24) is 9.80 Å². The first kappa shape index (κ1) is 23.3. The molecule has 0 bridgehead atoms. The number of hydrogen-bond acceptors (Lipinski definition) is 4. The van der Waals surface area contributed by atoms with E-state index >= 15 is 17.6 Å². The number of likely N-dealkylation sites (N-methyl/N-ethyl adjacent to an activating group) is 2. The van der Waals surface area contributed by atoms with Gasteiger partial charge in [-0.3, -0.25) is 0 Å². The highest BCUT2D eigenvalue weighted by Gasteiger charge is 2.85. The van der Waals surface area contributed by atoms with Crippen LogP contribution in [0.5, 0.6) is 0 Å². The molecule has 4 aliphatic rings. The molecule has 0 spiro atoms. The van der Waals surface area contributed by atoms with Crippen molar-refractivity contribution < 1.29 is 26.3 Å². The van der Waals surface area contributed by atoms with Gasteiger partial charge in [0.05, 0.1) is 11.1 Å². The van der Waals surface area contributed by atoms with E-state index in [0.717, 1.165) is 12.2 Å². The van der Waals surface area contributed by atoms with Gasteiger partial charge in [-0.15, -0.1) is 0 Å². The maximum atomic E-state index is 15.3. The molecule has 0 saturated heterocycles. The number of allylic oxidation sites excluding steroid dienone is 4. The molecule has 1 saturated carbocycles. The summed E-state index contributed by atoms with van der Waals surface area (Å²) in [5.41, 5.74) is -7.18. The summed E-state index contributed by atoms with van der Waals surface area (Å²) >= 11 is 0. The van der Waals surface area contributed by atoms with Gasteiger partial charge >= 0.3 is 17.8 Å². The molecular formula is C23H22F6N4. The number of nitriles is 2. The summed E-state index contributed by atoms with van der Waals surface area (Å²) in [7, 11) is 2.94. The Hall–Kier alpha value is -2.88. The highest BCUT2D eigenvalue weighted by molar-refractivity contribution is 5.75. The van der Waals surface area contributed by atoms with E-state index in [-0.39, 0.29) is 11.4 Å². The Balaban J connectivity index is 2.36. The van der Waals surface area contributed by atoms with Crippen molar-refractivity contribution in [3.05, 3.63) is 45.8 Å². The summed E-state index contributed by atoms with van der Waals surface area (Å²) in [5.74, 6) is -17.3. The number of halogens is 6. The zero-order chi connectivity index (χ0) is 25.1. The number of hydrogen-bond donors (Lipinski definition) is 0. The minimum Gasteiger partial charge on any atom is -0.353 e. The van der Waals surface area contributed by atoms with Crippen LogP contribution in [-0.4, -0.2) is 52.7 Å². The number of alkyl halides is 6. The van der Waals surface area contributed by atoms with E-state index < -0.39 is 63.0 Å². The molecule has 2 heterocycles. The van der Waals surface area contributed by atoms with Crippen LogP contribution in [0.25, 0.3) is 0 Å². The first-order valence-electron chi connectivity index (χ1n) is 10.4. The molecule has 1 fully saturated rings. The molecule has 0 radical (unpaired) electrons. The smallest absolute Gasteiger partial charge is 0.353 e. The van der Waals surface area contributed by atoms with Crippen molar-refractivity contribution in [2.75, 3.05) is 14.1 Å². The summed E-state index contributed by atoms with van der Waals surface area (Å²) in [6.07, 6.45) is 2.06. The second-order valence-electron chi connectivity index (χ2n) is 9.54. The highest BCUT2D eigenvalue weighted by atomic mass is 19.3. The van der Waals surface area contributed by atoms with Gasteiger partial charge in [0.15, 0.2) is 0 Å². The topological polar surface area (TPSA) is 54.1 Å². The van der Waals surface area contributed by atoms with Crippen molar-refractivity contribution >= 4 is 0 Å². The Morgan fingerprint density at radius 2 is 1.00 bits per heavy atom. The van der Waals surface area contributed by atoms with E-state index in [1.54, 1.807) is 27.7 Å². The third-order valence-electron chi connectivity index (χ3n) is 7.85. The summed E-state index contributed by atoms with van der Waals surface area (Å²) in [6, 6.07) is 3.78. The van der Waals surface area contributed by atoms with Gasteiger partial charge < -0.3 is 9.80 Å². The zero-order valence-electron chi connectivity index (χ0n) is 18.9. The summed E-state index contributed by atoms with van der Waals surface area (Å²) in [4.78, 5) is 2.85. The molecule has 0 aromatic carbocycles. The molecule has 0 aromatic rings. The normalized spacial score (nSPS) is 33.1. The fraction of sp³-hybridized carbons (Fsp3) is 0.565. The Morgan fingerprint density at radius 1 is 0.697 bits per heavy atom. The fourth-order valence-corrected chi connectivity index (χ4v) is 6.80. The van der Waals surface area contributed by atoms with Crippen LogP contribution in [0.3, 0.4) is 0 Å². The molecular weight excluding hydrogens is 446 g/mol. The molecule has 2 aliphatic carbocycles. The maximum Gasteiger partial charge on any atom is 0.380 e. The lowest BCUT2D eigenvalue weighted by Crippen LogP contribution is -2.73. The third kappa shape index (κ3) is 1.98. The first-order chi connectivity index (χ1) is 15.1. The van der Waals surface area contributed by atoms with Gasteiger partial charge in [-0.1, -0.05) is 27.7 Å². The molecule has 33 heavy (non-hydrogen) atoms. The van der Waals surface area contributed by atoms with Gasteiger partial charge in [0, 0.05) is 25.2 Å². The maximum absolute atomic E-state index is 15.3. The highest BCUT2D eigenvalue weighted by Crippen LogP contribution is 2.72. The minimum atomic E-state index is -5.69. The Bertz CT molecular complexity index is 1090. The predicted octanol–water partition coefficient (Wildman–Crippen LogP) is 5.01. The van der Waals surface area contributed by atoms with E-state index in [0.29, 0.717) is 0 Å². The van der Waals surface area contributed by atoms with E-state index in [4.69, 9.17) is 0 Å². The van der Waals surface area contributed by atoms with Crippen LogP contribution in [0.2, 0.25) is 0 Å². The summed E-state index contributed by atoms with van der Waals surface area (Å²) in [6.45, 7) is 6.66. The monoisotopic (exact) mass is 468 g/mol. The summed E-state index contributed by atoms with van der Waals surface area (Å²) < 4.78 is 90.7. The standard InChI is InChI=1S/C23H22F6N4/c1-11(2)19-15(7-13(9-30)32(19)5)17-18(22(26,27)23(28,29)21(17,24)25)16-8-14(10-31)33(6)20(16,19)12(3)4/h7-8,11-12H,1-6H3. The molecule has 4 rings (SSSR count). The van der Waals surface area contributed by atoms with Crippen molar-refractivity contribution in [3.8, 4) is 12.1 Å². The molecule has 2 atom stereocenters. The van der Waals surface area contributed by atoms with Gasteiger partial charge in [0.1, 0.15) is 23.5 Å². The lowest BCUT2D eigenvalue weighted by molar-refractivity contribution is -0.258.